The number of furan rings is 1. The van der Waals surface area contributed by atoms with Gasteiger partial charge in [0.2, 0.25) is 5.91 Å². The normalized spacial score (nSPS) is 10.8. The van der Waals surface area contributed by atoms with E-state index in [1.165, 1.54) is 0 Å². The number of carbonyl (C=O) groups excluding carboxylic acids is 2. The number of benzene rings is 2. The number of hydrogen-bond donors (Lipinski definition) is 0. The van der Waals surface area contributed by atoms with E-state index in [1.54, 1.807) is 28.2 Å². The minimum Gasteiger partial charge on any atom is -0.467 e. The SMILES string of the molecule is CC(C)CN(CC(=O)N(Cc1ccccc1)Cc1ccco1)C(=O)c1ccccc1. The molecule has 1 heterocycles. The first-order chi connectivity index (χ1) is 14.5. The van der Waals surface area contributed by atoms with Crippen molar-refractivity contribution < 1.29 is 14.0 Å². The topological polar surface area (TPSA) is 53.8 Å². The van der Waals surface area contributed by atoms with Gasteiger partial charge in [0.05, 0.1) is 12.8 Å². The van der Waals surface area contributed by atoms with Crippen molar-refractivity contribution in [2.75, 3.05) is 13.1 Å². The van der Waals surface area contributed by atoms with Crippen LogP contribution in [0.4, 0.5) is 0 Å². The zero-order valence-electron chi connectivity index (χ0n) is 17.5. The van der Waals surface area contributed by atoms with E-state index >= 15 is 0 Å². The number of hydrogen-bond acceptors (Lipinski definition) is 3. The van der Waals surface area contributed by atoms with Gasteiger partial charge in [-0.25, -0.2) is 0 Å². The van der Waals surface area contributed by atoms with Crippen LogP contribution in [-0.2, 0) is 17.9 Å². The Kier molecular flexibility index (Phi) is 7.44. The third-order valence-electron chi connectivity index (χ3n) is 4.72. The van der Waals surface area contributed by atoms with Crippen molar-refractivity contribution in [3.63, 3.8) is 0 Å². The standard InChI is InChI=1S/C25H28N2O3/c1-20(2)16-27(25(29)22-12-7-4-8-13-22)19-24(28)26(18-23-14-9-15-30-23)17-21-10-5-3-6-11-21/h3-15,20H,16-19H2,1-2H3. The minimum atomic E-state index is -0.129. The lowest BCUT2D eigenvalue weighted by Crippen LogP contribution is -2.43. The molecular formula is C25H28N2O3. The fourth-order valence-electron chi connectivity index (χ4n) is 3.31. The molecule has 0 radical (unpaired) electrons. The van der Waals surface area contributed by atoms with Crippen LogP contribution in [0.15, 0.2) is 83.5 Å². The Morgan fingerprint density at radius 2 is 1.50 bits per heavy atom. The molecule has 3 rings (SSSR count). The molecule has 2 aromatic carbocycles. The van der Waals surface area contributed by atoms with Crippen molar-refractivity contribution in [1.29, 1.82) is 0 Å². The molecule has 1 aromatic heterocycles. The van der Waals surface area contributed by atoms with Crippen LogP contribution < -0.4 is 0 Å². The molecule has 30 heavy (non-hydrogen) atoms. The second kappa shape index (κ2) is 10.4. The van der Waals surface area contributed by atoms with E-state index in [4.69, 9.17) is 4.42 Å². The van der Waals surface area contributed by atoms with Gasteiger partial charge in [0.25, 0.3) is 5.91 Å². The average Bonchev–Trinajstić information content (AvgIpc) is 3.26. The third kappa shape index (κ3) is 6.08. The quantitative estimate of drug-likeness (QED) is 0.523. The number of amides is 2. The second-order valence-corrected chi connectivity index (χ2v) is 7.76. The lowest BCUT2D eigenvalue weighted by atomic mass is 10.1. The summed E-state index contributed by atoms with van der Waals surface area (Å²) in [5.41, 5.74) is 1.62. The molecule has 0 fully saturated rings. The van der Waals surface area contributed by atoms with E-state index in [-0.39, 0.29) is 24.3 Å². The highest BCUT2D eigenvalue weighted by Crippen LogP contribution is 2.14. The zero-order chi connectivity index (χ0) is 21.3. The Bertz CT molecular complexity index is 922. The van der Waals surface area contributed by atoms with Gasteiger partial charge in [-0.1, -0.05) is 62.4 Å². The molecule has 3 aromatic rings. The van der Waals surface area contributed by atoms with Crippen molar-refractivity contribution in [2.24, 2.45) is 5.92 Å². The lowest BCUT2D eigenvalue weighted by molar-refractivity contribution is -0.133. The van der Waals surface area contributed by atoms with Gasteiger partial charge in [-0.05, 0) is 35.7 Å². The Hall–Kier alpha value is -3.34. The molecule has 0 saturated carbocycles. The predicted octanol–water partition coefficient (Wildman–Crippen LogP) is 4.61. The van der Waals surface area contributed by atoms with Gasteiger partial charge < -0.3 is 14.2 Å². The molecule has 156 valence electrons. The summed E-state index contributed by atoms with van der Waals surface area (Å²) in [6, 6.07) is 22.6. The first-order valence-corrected chi connectivity index (χ1v) is 10.2. The van der Waals surface area contributed by atoms with Crippen molar-refractivity contribution >= 4 is 11.8 Å². The van der Waals surface area contributed by atoms with Crippen LogP contribution in [0.3, 0.4) is 0 Å². The van der Waals surface area contributed by atoms with Gasteiger partial charge in [0.1, 0.15) is 12.3 Å². The van der Waals surface area contributed by atoms with Crippen LogP contribution in [0.2, 0.25) is 0 Å². The zero-order valence-corrected chi connectivity index (χ0v) is 17.5. The van der Waals surface area contributed by atoms with Crippen LogP contribution in [0.25, 0.3) is 0 Å². The summed E-state index contributed by atoms with van der Waals surface area (Å²) in [6.07, 6.45) is 1.60. The van der Waals surface area contributed by atoms with Crippen LogP contribution in [0.1, 0.15) is 35.5 Å². The minimum absolute atomic E-state index is 0.0272. The molecule has 0 bridgehead atoms. The molecule has 0 aliphatic heterocycles. The molecule has 0 saturated heterocycles. The highest BCUT2D eigenvalue weighted by Gasteiger charge is 2.24. The summed E-state index contributed by atoms with van der Waals surface area (Å²) >= 11 is 0. The maximum absolute atomic E-state index is 13.3. The molecule has 2 amide bonds. The van der Waals surface area contributed by atoms with E-state index in [9.17, 15) is 9.59 Å². The van der Waals surface area contributed by atoms with E-state index in [0.717, 1.165) is 5.56 Å². The van der Waals surface area contributed by atoms with Gasteiger partial charge in [-0.3, -0.25) is 9.59 Å². The Morgan fingerprint density at radius 1 is 0.833 bits per heavy atom. The highest BCUT2D eigenvalue weighted by molar-refractivity contribution is 5.96. The van der Waals surface area contributed by atoms with Crippen LogP contribution in [-0.4, -0.2) is 34.7 Å². The first kappa shape index (κ1) is 21.4. The number of rotatable bonds is 9. The van der Waals surface area contributed by atoms with Crippen molar-refractivity contribution in [3.05, 3.63) is 95.9 Å². The van der Waals surface area contributed by atoms with Crippen molar-refractivity contribution in [2.45, 2.75) is 26.9 Å². The van der Waals surface area contributed by atoms with Crippen molar-refractivity contribution in [3.8, 4) is 0 Å². The summed E-state index contributed by atoms with van der Waals surface area (Å²) in [7, 11) is 0. The predicted molar refractivity (Wildman–Crippen MR) is 117 cm³/mol. The summed E-state index contributed by atoms with van der Waals surface area (Å²) < 4.78 is 5.46. The van der Waals surface area contributed by atoms with Gasteiger partial charge in [-0.15, -0.1) is 0 Å². The largest absolute Gasteiger partial charge is 0.467 e. The molecule has 0 N–H and O–H groups in total. The van der Waals surface area contributed by atoms with Gasteiger partial charge in [-0.2, -0.15) is 0 Å². The summed E-state index contributed by atoms with van der Waals surface area (Å²) in [6.45, 7) is 5.44. The van der Waals surface area contributed by atoms with E-state index < -0.39 is 0 Å². The summed E-state index contributed by atoms with van der Waals surface area (Å²) in [4.78, 5) is 29.7. The molecule has 0 unspecified atom stereocenters. The van der Waals surface area contributed by atoms with E-state index in [1.807, 2.05) is 74.5 Å². The van der Waals surface area contributed by atoms with Crippen molar-refractivity contribution in [1.82, 2.24) is 9.80 Å². The fourth-order valence-corrected chi connectivity index (χ4v) is 3.31. The van der Waals surface area contributed by atoms with Crippen LogP contribution in [0, 0.1) is 5.92 Å². The van der Waals surface area contributed by atoms with Gasteiger partial charge >= 0.3 is 0 Å². The van der Waals surface area contributed by atoms with E-state index in [0.29, 0.717) is 31.0 Å². The van der Waals surface area contributed by atoms with Crippen LogP contribution >= 0.6 is 0 Å². The molecule has 5 nitrogen and oxygen atoms in total. The second-order valence-electron chi connectivity index (χ2n) is 7.76. The molecule has 0 spiro atoms. The number of nitrogens with zero attached hydrogens (tertiary/aromatic N) is 2. The Morgan fingerprint density at radius 3 is 2.10 bits per heavy atom. The molecule has 0 aliphatic carbocycles. The lowest BCUT2D eigenvalue weighted by Gasteiger charge is -2.28. The Balaban J connectivity index is 1.78. The maximum atomic E-state index is 13.3. The monoisotopic (exact) mass is 404 g/mol. The smallest absolute Gasteiger partial charge is 0.254 e. The highest BCUT2D eigenvalue weighted by atomic mass is 16.3. The molecule has 0 atom stereocenters. The maximum Gasteiger partial charge on any atom is 0.254 e. The summed E-state index contributed by atoms with van der Waals surface area (Å²) in [5, 5.41) is 0. The van der Waals surface area contributed by atoms with E-state index in [2.05, 4.69) is 0 Å². The van der Waals surface area contributed by atoms with Crippen LogP contribution in [0.5, 0.6) is 0 Å². The molecular weight excluding hydrogens is 376 g/mol. The van der Waals surface area contributed by atoms with Gasteiger partial charge in [0, 0.05) is 18.7 Å². The molecule has 5 heteroatoms. The number of carbonyl (C=O) groups is 2. The fraction of sp³-hybridized carbons (Fsp3) is 0.280. The first-order valence-electron chi connectivity index (χ1n) is 10.2. The Labute approximate surface area is 177 Å². The summed E-state index contributed by atoms with van der Waals surface area (Å²) in [5.74, 6) is 0.720. The molecule has 0 aliphatic rings. The third-order valence-corrected chi connectivity index (χ3v) is 4.72. The van der Waals surface area contributed by atoms with Gasteiger partial charge in [0.15, 0.2) is 0 Å². The average molecular weight is 405 g/mol.